The maximum Gasteiger partial charge on any atom is 0.239 e. The maximum absolute atomic E-state index is 12.9. The summed E-state index contributed by atoms with van der Waals surface area (Å²) < 4.78 is 12.9. The molecule has 0 radical (unpaired) electrons. The normalized spacial score (nSPS) is 17.1. The van der Waals surface area contributed by atoms with E-state index in [4.69, 9.17) is 5.73 Å². The van der Waals surface area contributed by atoms with Crippen molar-refractivity contribution in [3.8, 4) is 0 Å². The summed E-state index contributed by atoms with van der Waals surface area (Å²) in [5.41, 5.74) is 6.82. The molecule has 1 heterocycles. The van der Waals surface area contributed by atoms with E-state index in [0.29, 0.717) is 19.5 Å². The van der Waals surface area contributed by atoms with Crippen LogP contribution in [-0.4, -0.2) is 41.9 Å². The largest absolute Gasteiger partial charge is 0.353 e. The SMILES string of the molecule is CC(=O)NC1CCN(C(=O)[C@@H](N)Cc2ccc(F)cc2)CC1. The highest BCUT2D eigenvalue weighted by molar-refractivity contribution is 5.82. The summed E-state index contributed by atoms with van der Waals surface area (Å²) >= 11 is 0. The lowest BCUT2D eigenvalue weighted by Crippen LogP contribution is -2.51. The summed E-state index contributed by atoms with van der Waals surface area (Å²) in [5, 5.41) is 2.87. The smallest absolute Gasteiger partial charge is 0.239 e. The molecule has 0 bridgehead atoms. The summed E-state index contributed by atoms with van der Waals surface area (Å²) in [6.07, 6.45) is 1.88. The van der Waals surface area contributed by atoms with E-state index in [1.54, 1.807) is 17.0 Å². The van der Waals surface area contributed by atoms with Gasteiger partial charge < -0.3 is 16.0 Å². The Labute approximate surface area is 129 Å². The number of hydrogen-bond donors (Lipinski definition) is 2. The van der Waals surface area contributed by atoms with Crippen LogP contribution in [0.1, 0.15) is 25.3 Å². The second-order valence-corrected chi connectivity index (χ2v) is 5.74. The maximum atomic E-state index is 12.9. The molecular formula is C16H22FN3O2. The topological polar surface area (TPSA) is 75.4 Å². The van der Waals surface area contributed by atoms with Gasteiger partial charge in [-0.1, -0.05) is 12.1 Å². The number of rotatable bonds is 4. The van der Waals surface area contributed by atoms with Crippen LogP contribution in [0.5, 0.6) is 0 Å². The summed E-state index contributed by atoms with van der Waals surface area (Å²) in [6, 6.07) is 5.53. The Morgan fingerprint density at radius 2 is 1.91 bits per heavy atom. The van der Waals surface area contributed by atoms with Crippen LogP contribution in [0.15, 0.2) is 24.3 Å². The van der Waals surface area contributed by atoms with Crippen molar-refractivity contribution in [2.24, 2.45) is 5.73 Å². The first-order valence-electron chi connectivity index (χ1n) is 7.51. The van der Waals surface area contributed by atoms with Crippen molar-refractivity contribution in [1.29, 1.82) is 0 Å². The minimum absolute atomic E-state index is 0.0437. The minimum atomic E-state index is -0.622. The molecule has 120 valence electrons. The molecule has 1 aromatic carbocycles. The van der Waals surface area contributed by atoms with Gasteiger partial charge in [0, 0.05) is 26.1 Å². The first-order valence-corrected chi connectivity index (χ1v) is 7.51. The molecule has 0 saturated carbocycles. The van der Waals surface area contributed by atoms with Gasteiger partial charge >= 0.3 is 0 Å². The zero-order chi connectivity index (χ0) is 16.1. The third-order valence-electron chi connectivity index (χ3n) is 3.90. The quantitative estimate of drug-likeness (QED) is 0.865. The van der Waals surface area contributed by atoms with E-state index in [2.05, 4.69) is 5.32 Å². The van der Waals surface area contributed by atoms with E-state index in [0.717, 1.165) is 18.4 Å². The molecule has 1 saturated heterocycles. The van der Waals surface area contributed by atoms with Gasteiger partial charge in [0.15, 0.2) is 0 Å². The Hall–Kier alpha value is -1.95. The Balaban J connectivity index is 1.84. The molecule has 1 aromatic rings. The molecule has 6 heteroatoms. The molecule has 5 nitrogen and oxygen atoms in total. The zero-order valence-corrected chi connectivity index (χ0v) is 12.7. The lowest BCUT2D eigenvalue weighted by atomic mass is 10.0. The average molecular weight is 307 g/mol. The molecule has 0 aromatic heterocycles. The Morgan fingerprint density at radius 3 is 2.45 bits per heavy atom. The number of halogens is 1. The van der Waals surface area contributed by atoms with Gasteiger partial charge in [-0.2, -0.15) is 0 Å². The molecule has 0 spiro atoms. The molecule has 3 N–H and O–H groups in total. The number of carbonyl (C=O) groups excluding carboxylic acids is 2. The predicted octanol–water partition coefficient (Wildman–Crippen LogP) is 0.823. The minimum Gasteiger partial charge on any atom is -0.353 e. The molecule has 1 fully saturated rings. The fraction of sp³-hybridized carbons (Fsp3) is 0.500. The molecule has 2 rings (SSSR count). The van der Waals surface area contributed by atoms with Gasteiger partial charge in [-0.05, 0) is 37.0 Å². The van der Waals surface area contributed by atoms with Crippen LogP contribution >= 0.6 is 0 Å². The fourth-order valence-corrected chi connectivity index (χ4v) is 2.73. The molecule has 1 aliphatic rings. The van der Waals surface area contributed by atoms with Crippen molar-refractivity contribution in [3.63, 3.8) is 0 Å². The number of likely N-dealkylation sites (tertiary alicyclic amines) is 1. The number of benzene rings is 1. The third-order valence-corrected chi connectivity index (χ3v) is 3.90. The monoisotopic (exact) mass is 307 g/mol. The zero-order valence-electron chi connectivity index (χ0n) is 12.7. The number of hydrogen-bond acceptors (Lipinski definition) is 3. The summed E-state index contributed by atoms with van der Waals surface area (Å²) in [5.74, 6) is -0.438. The van der Waals surface area contributed by atoms with Gasteiger partial charge in [-0.3, -0.25) is 9.59 Å². The lowest BCUT2D eigenvalue weighted by Gasteiger charge is -2.33. The van der Waals surface area contributed by atoms with Crippen molar-refractivity contribution in [2.45, 2.75) is 38.3 Å². The van der Waals surface area contributed by atoms with Crippen molar-refractivity contribution in [1.82, 2.24) is 10.2 Å². The van der Waals surface area contributed by atoms with E-state index < -0.39 is 6.04 Å². The standard InChI is InChI=1S/C16H22FN3O2/c1-11(21)19-14-6-8-20(9-7-14)16(22)15(18)10-12-2-4-13(17)5-3-12/h2-5,14-15H,6-10,18H2,1H3,(H,19,21)/t15-/m0/s1. The van der Waals surface area contributed by atoms with Crippen LogP contribution < -0.4 is 11.1 Å². The van der Waals surface area contributed by atoms with E-state index in [9.17, 15) is 14.0 Å². The van der Waals surface area contributed by atoms with Crippen molar-refractivity contribution in [2.75, 3.05) is 13.1 Å². The van der Waals surface area contributed by atoms with Crippen molar-refractivity contribution < 1.29 is 14.0 Å². The number of nitrogens with zero attached hydrogens (tertiary/aromatic N) is 1. The molecule has 1 atom stereocenters. The van der Waals surface area contributed by atoms with Gasteiger partial charge in [-0.15, -0.1) is 0 Å². The van der Waals surface area contributed by atoms with Crippen LogP contribution in [0.4, 0.5) is 4.39 Å². The number of nitrogens with one attached hydrogen (secondary N) is 1. The van der Waals surface area contributed by atoms with Gasteiger partial charge in [0.05, 0.1) is 6.04 Å². The first-order chi connectivity index (χ1) is 10.5. The average Bonchev–Trinajstić information content (AvgIpc) is 2.49. The van der Waals surface area contributed by atoms with E-state index in [1.165, 1.54) is 19.1 Å². The van der Waals surface area contributed by atoms with Crippen LogP contribution in [0.3, 0.4) is 0 Å². The molecule has 22 heavy (non-hydrogen) atoms. The fourth-order valence-electron chi connectivity index (χ4n) is 2.73. The van der Waals surface area contributed by atoms with Crippen molar-refractivity contribution >= 4 is 11.8 Å². The Morgan fingerprint density at radius 1 is 1.32 bits per heavy atom. The van der Waals surface area contributed by atoms with Gasteiger partial charge in [0.2, 0.25) is 11.8 Å². The first kappa shape index (κ1) is 16.4. The highest BCUT2D eigenvalue weighted by Crippen LogP contribution is 2.13. The van der Waals surface area contributed by atoms with Crippen molar-refractivity contribution in [3.05, 3.63) is 35.6 Å². The van der Waals surface area contributed by atoms with Crippen LogP contribution in [0.2, 0.25) is 0 Å². The van der Waals surface area contributed by atoms with E-state index >= 15 is 0 Å². The van der Waals surface area contributed by atoms with E-state index in [1.807, 2.05) is 0 Å². The van der Waals surface area contributed by atoms with E-state index in [-0.39, 0.29) is 23.7 Å². The highest BCUT2D eigenvalue weighted by Gasteiger charge is 2.26. The Bertz CT molecular complexity index is 525. The number of amides is 2. The van der Waals surface area contributed by atoms with Crippen LogP contribution in [-0.2, 0) is 16.0 Å². The number of carbonyl (C=O) groups is 2. The second-order valence-electron chi connectivity index (χ2n) is 5.74. The van der Waals surface area contributed by atoms with Gasteiger partial charge in [0.1, 0.15) is 5.82 Å². The summed E-state index contributed by atoms with van der Waals surface area (Å²) in [6.45, 7) is 2.69. The summed E-state index contributed by atoms with van der Waals surface area (Å²) in [4.78, 5) is 25.1. The predicted molar refractivity (Wildman–Crippen MR) is 81.5 cm³/mol. The number of nitrogens with two attached hydrogens (primary N) is 1. The third kappa shape index (κ3) is 4.53. The van der Waals surface area contributed by atoms with Gasteiger partial charge in [0.25, 0.3) is 0 Å². The Kier molecular flexibility index (Phi) is 5.49. The summed E-state index contributed by atoms with van der Waals surface area (Å²) in [7, 11) is 0. The van der Waals surface area contributed by atoms with Crippen LogP contribution in [0, 0.1) is 5.82 Å². The number of piperidine rings is 1. The highest BCUT2D eigenvalue weighted by atomic mass is 19.1. The van der Waals surface area contributed by atoms with Gasteiger partial charge in [-0.25, -0.2) is 4.39 Å². The molecule has 0 unspecified atom stereocenters. The molecule has 0 aliphatic carbocycles. The lowest BCUT2D eigenvalue weighted by molar-refractivity contribution is -0.133. The molecular weight excluding hydrogens is 285 g/mol. The van der Waals surface area contributed by atoms with Crippen LogP contribution in [0.25, 0.3) is 0 Å². The molecule has 2 amide bonds. The molecule has 1 aliphatic heterocycles. The second kappa shape index (κ2) is 7.35.